The molecule has 0 saturated carbocycles. The van der Waals surface area contributed by atoms with Crippen molar-refractivity contribution in [2.75, 3.05) is 37.7 Å². The SMILES string of the molecule is C/C=C\C=C/Cn1cc(C(=O)NCCNC(=O)N2CCS(=O)(=O)CC2)c(C(F)(F)F)n1. The van der Waals surface area contributed by atoms with E-state index < -0.39 is 39.2 Å². The number of allylic oxidation sites excluding steroid dienone is 4. The lowest BCUT2D eigenvalue weighted by atomic mass is 10.2. The van der Waals surface area contributed by atoms with Gasteiger partial charge in [0, 0.05) is 32.4 Å². The van der Waals surface area contributed by atoms with Crippen LogP contribution < -0.4 is 10.6 Å². The van der Waals surface area contributed by atoms with Crippen molar-refractivity contribution < 1.29 is 31.2 Å². The normalized spacial score (nSPS) is 16.7. The highest BCUT2D eigenvalue weighted by Crippen LogP contribution is 2.30. The number of amides is 3. The maximum absolute atomic E-state index is 13.2. The number of nitrogens with zero attached hydrogens (tertiary/aromatic N) is 3. The standard InChI is InChI=1S/C18H24F3N5O4S/c1-2-3-4-5-8-26-13-14(15(24-26)18(19,20)21)16(27)22-6-7-23-17(28)25-9-11-31(29,30)12-10-25/h2-5,13H,6-12H2,1H3,(H,22,27)(H,23,28)/b3-2-,5-4-. The van der Waals surface area contributed by atoms with Crippen LogP contribution in [0, 0.1) is 0 Å². The number of hydrogen-bond donors (Lipinski definition) is 2. The lowest BCUT2D eigenvalue weighted by molar-refractivity contribution is -0.141. The fourth-order valence-electron chi connectivity index (χ4n) is 2.72. The van der Waals surface area contributed by atoms with E-state index in [0.29, 0.717) is 0 Å². The number of alkyl halides is 3. The highest BCUT2D eigenvalue weighted by molar-refractivity contribution is 7.91. The van der Waals surface area contributed by atoms with Gasteiger partial charge in [-0.1, -0.05) is 24.3 Å². The van der Waals surface area contributed by atoms with Crippen molar-refractivity contribution in [1.29, 1.82) is 0 Å². The minimum Gasteiger partial charge on any atom is -0.350 e. The smallest absolute Gasteiger partial charge is 0.350 e. The van der Waals surface area contributed by atoms with Crippen LogP contribution in [0.25, 0.3) is 0 Å². The maximum atomic E-state index is 13.2. The second-order valence-electron chi connectivity index (χ2n) is 6.69. The zero-order valence-electron chi connectivity index (χ0n) is 16.9. The molecule has 0 radical (unpaired) electrons. The van der Waals surface area contributed by atoms with Crippen LogP contribution in [-0.2, 0) is 22.6 Å². The molecule has 3 amide bonds. The predicted octanol–water partition coefficient (Wildman–Crippen LogP) is 1.20. The molecule has 13 heteroatoms. The van der Waals surface area contributed by atoms with E-state index in [1.54, 1.807) is 31.2 Å². The van der Waals surface area contributed by atoms with Crippen LogP contribution in [0.5, 0.6) is 0 Å². The second kappa shape index (κ2) is 10.5. The quantitative estimate of drug-likeness (QED) is 0.466. The van der Waals surface area contributed by atoms with Crippen LogP contribution >= 0.6 is 0 Å². The lowest BCUT2D eigenvalue weighted by Crippen LogP contribution is -2.49. The Labute approximate surface area is 177 Å². The topological polar surface area (TPSA) is 113 Å². The van der Waals surface area contributed by atoms with Crippen LogP contribution in [0.1, 0.15) is 23.0 Å². The Morgan fingerprint density at radius 2 is 1.81 bits per heavy atom. The average Bonchev–Trinajstić information content (AvgIpc) is 3.13. The molecule has 0 aromatic carbocycles. The molecule has 31 heavy (non-hydrogen) atoms. The summed E-state index contributed by atoms with van der Waals surface area (Å²) in [6.45, 7) is 1.84. The first-order valence-electron chi connectivity index (χ1n) is 9.47. The molecule has 2 N–H and O–H groups in total. The molecule has 1 aromatic heterocycles. The first-order chi connectivity index (χ1) is 14.5. The highest BCUT2D eigenvalue weighted by Gasteiger charge is 2.39. The van der Waals surface area contributed by atoms with Crippen molar-refractivity contribution in [1.82, 2.24) is 25.3 Å². The molecule has 1 aliphatic rings. The van der Waals surface area contributed by atoms with Crippen LogP contribution in [0.2, 0.25) is 0 Å². The number of halogens is 3. The molecule has 1 aromatic rings. The first-order valence-corrected chi connectivity index (χ1v) is 11.3. The van der Waals surface area contributed by atoms with Gasteiger partial charge in [0.25, 0.3) is 5.91 Å². The number of rotatable bonds is 7. The van der Waals surface area contributed by atoms with Crippen molar-refractivity contribution in [3.8, 4) is 0 Å². The second-order valence-corrected chi connectivity index (χ2v) is 9.00. The number of urea groups is 1. The number of hydrogen-bond acceptors (Lipinski definition) is 5. The highest BCUT2D eigenvalue weighted by atomic mass is 32.2. The fourth-order valence-corrected chi connectivity index (χ4v) is 3.92. The minimum absolute atomic E-state index is 0.0323. The molecule has 0 spiro atoms. The summed E-state index contributed by atoms with van der Waals surface area (Å²) < 4.78 is 63.5. The number of sulfone groups is 1. The fraction of sp³-hybridized carbons (Fsp3) is 0.500. The molecule has 0 unspecified atom stereocenters. The van der Waals surface area contributed by atoms with Crippen molar-refractivity contribution >= 4 is 21.8 Å². The van der Waals surface area contributed by atoms with Crippen LogP contribution in [0.15, 0.2) is 30.5 Å². The lowest BCUT2D eigenvalue weighted by Gasteiger charge is -2.26. The largest absolute Gasteiger partial charge is 0.435 e. The Morgan fingerprint density at radius 3 is 2.42 bits per heavy atom. The Balaban J connectivity index is 1.89. The van der Waals surface area contributed by atoms with Gasteiger partial charge in [-0.25, -0.2) is 13.2 Å². The monoisotopic (exact) mass is 463 g/mol. The Kier molecular flexibility index (Phi) is 8.25. The molecule has 0 aliphatic carbocycles. The van der Waals surface area contributed by atoms with Crippen LogP contribution in [0.3, 0.4) is 0 Å². The van der Waals surface area contributed by atoms with Gasteiger partial charge >= 0.3 is 12.2 Å². The van der Waals surface area contributed by atoms with Gasteiger partial charge < -0.3 is 15.5 Å². The van der Waals surface area contributed by atoms with Gasteiger partial charge in [0.05, 0.1) is 23.6 Å². The van der Waals surface area contributed by atoms with Crippen molar-refractivity contribution in [2.45, 2.75) is 19.6 Å². The summed E-state index contributed by atoms with van der Waals surface area (Å²) in [4.78, 5) is 25.6. The van der Waals surface area contributed by atoms with E-state index in [1.165, 1.54) is 4.90 Å². The van der Waals surface area contributed by atoms with Gasteiger partial charge in [0.1, 0.15) is 0 Å². The Bertz CT molecular complexity index is 940. The Hall–Kier alpha value is -2.83. The van der Waals surface area contributed by atoms with Gasteiger partial charge in [-0.3, -0.25) is 9.48 Å². The third-order valence-electron chi connectivity index (χ3n) is 4.33. The molecule has 1 fully saturated rings. The van der Waals surface area contributed by atoms with Gasteiger partial charge in [-0.2, -0.15) is 18.3 Å². The van der Waals surface area contributed by atoms with Gasteiger partial charge in [0.15, 0.2) is 15.5 Å². The third kappa shape index (κ3) is 7.42. The van der Waals surface area contributed by atoms with Crippen molar-refractivity contribution in [3.05, 3.63) is 41.8 Å². The molecule has 2 rings (SSSR count). The molecule has 1 saturated heterocycles. The van der Waals surface area contributed by atoms with Crippen LogP contribution in [0.4, 0.5) is 18.0 Å². The van der Waals surface area contributed by atoms with Crippen LogP contribution in [-0.4, -0.2) is 72.7 Å². The molecule has 1 aliphatic heterocycles. The molecular weight excluding hydrogens is 439 g/mol. The van der Waals surface area contributed by atoms with E-state index in [9.17, 15) is 31.2 Å². The number of nitrogens with one attached hydrogen (secondary N) is 2. The number of carbonyl (C=O) groups is 2. The summed E-state index contributed by atoms with van der Waals surface area (Å²) >= 11 is 0. The van der Waals surface area contributed by atoms with E-state index in [-0.39, 0.29) is 44.2 Å². The summed E-state index contributed by atoms with van der Waals surface area (Å²) in [6.07, 6.45) is 2.93. The van der Waals surface area contributed by atoms with E-state index in [0.717, 1.165) is 10.9 Å². The summed E-state index contributed by atoms with van der Waals surface area (Å²) in [5.74, 6) is -1.20. The molecule has 2 heterocycles. The van der Waals surface area contributed by atoms with Gasteiger partial charge in [-0.15, -0.1) is 0 Å². The zero-order chi connectivity index (χ0) is 23.1. The molecule has 0 atom stereocenters. The zero-order valence-corrected chi connectivity index (χ0v) is 17.7. The van der Waals surface area contributed by atoms with E-state index >= 15 is 0 Å². The van der Waals surface area contributed by atoms with E-state index in [4.69, 9.17) is 0 Å². The average molecular weight is 463 g/mol. The number of aromatic nitrogens is 2. The van der Waals surface area contributed by atoms with E-state index in [1.807, 2.05) is 0 Å². The summed E-state index contributed by atoms with van der Waals surface area (Å²) in [5, 5.41) is 8.28. The molecule has 0 bridgehead atoms. The Morgan fingerprint density at radius 1 is 1.16 bits per heavy atom. The summed E-state index contributed by atoms with van der Waals surface area (Å²) in [7, 11) is -3.13. The van der Waals surface area contributed by atoms with Crippen molar-refractivity contribution in [2.24, 2.45) is 0 Å². The van der Waals surface area contributed by atoms with Gasteiger partial charge in [-0.05, 0) is 6.92 Å². The van der Waals surface area contributed by atoms with Crippen molar-refractivity contribution in [3.63, 3.8) is 0 Å². The first kappa shape index (κ1) is 24.4. The van der Waals surface area contributed by atoms with Gasteiger partial charge in [0.2, 0.25) is 0 Å². The maximum Gasteiger partial charge on any atom is 0.435 e. The minimum atomic E-state index is -4.80. The molecular formula is C18H24F3N5O4S. The summed E-state index contributed by atoms with van der Waals surface area (Å²) in [6, 6.07) is -0.499. The number of carbonyl (C=O) groups excluding carboxylic acids is 2. The molecule has 9 nitrogen and oxygen atoms in total. The predicted molar refractivity (Wildman–Crippen MR) is 107 cm³/mol. The summed E-state index contributed by atoms with van der Waals surface area (Å²) in [5.41, 5.74) is -1.90. The third-order valence-corrected chi connectivity index (χ3v) is 5.93. The molecule has 172 valence electrons. The van der Waals surface area contributed by atoms with E-state index in [2.05, 4.69) is 15.7 Å².